The summed E-state index contributed by atoms with van der Waals surface area (Å²) in [5, 5.41) is 3.03. The molecule has 0 radical (unpaired) electrons. The largest absolute Gasteiger partial charge is 0.353 e. The lowest BCUT2D eigenvalue weighted by atomic mass is 10.0. The van der Waals surface area contributed by atoms with Crippen molar-refractivity contribution in [2.45, 2.75) is 56.0 Å². The molecule has 3 aliphatic rings. The lowest BCUT2D eigenvalue weighted by Gasteiger charge is -2.32. The first-order chi connectivity index (χ1) is 16.9. The molecular weight excluding hydrogens is 462 g/mol. The molecule has 2 heterocycles. The molecule has 0 aromatic heterocycles. The van der Waals surface area contributed by atoms with Crippen LogP contribution in [0, 0.1) is 5.92 Å². The first-order valence-electron chi connectivity index (χ1n) is 12.6. The van der Waals surface area contributed by atoms with Crippen LogP contribution in [0.25, 0.3) is 0 Å². The summed E-state index contributed by atoms with van der Waals surface area (Å²) in [4.78, 5) is 29.4. The van der Waals surface area contributed by atoms with Crippen LogP contribution in [0.2, 0.25) is 0 Å². The Balaban J connectivity index is 1.10. The summed E-state index contributed by atoms with van der Waals surface area (Å²) in [6, 6.07) is 15.5. The molecule has 1 N–H and O–H groups in total. The van der Waals surface area contributed by atoms with E-state index < -0.39 is 9.84 Å². The molecule has 0 bridgehead atoms. The summed E-state index contributed by atoms with van der Waals surface area (Å²) in [5.41, 5.74) is 3.01. The summed E-state index contributed by atoms with van der Waals surface area (Å²) >= 11 is 0. The van der Waals surface area contributed by atoms with E-state index in [2.05, 4.69) is 22.3 Å². The Morgan fingerprint density at radius 2 is 1.69 bits per heavy atom. The highest BCUT2D eigenvalue weighted by molar-refractivity contribution is 7.91. The van der Waals surface area contributed by atoms with E-state index in [9.17, 15) is 18.0 Å². The van der Waals surface area contributed by atoms with Gasteiger partial charge in [0, 0.05) is 50.2 Å². The van der Waals surface area contributed by atoms with Crippen molar-refractivity contribution in [1.29, 1.82) is 0 Å². The fourth-order valence-electron chi connectivity index (χ4n) is 5.07. The van der Waals surface area contributed by atoms with Gasteiger partial charge in [0.2, 0.25) is 11.8 Å². The van der Waals surface area contributed by atoms with Gasteiger partial charge in [0.25, 0.3) is 0 Å². The monoisotopic (exact) mass is 495 g/mol. The molecule has 7 nitrogen and oxygen atoms in total. The fourth-order valence-corrected chi connectivity index (χ4v) is 6.36. The maximum Gasteiger partial charge on any atom is 0.230 e. The van der Waals surface area contributed by atoms with E-state index in [4.69, 9.17) is 0 Å². The number of likely N-dealkylation sites (tertiary alicyclic amines) is 1. The molecule has 5 rings (SSSR count). The van der Waals surface area contributed by atoms with E-state index >= 15 is 0 Å². The van der Waals surface area contributed by atoms with Crippen LogP contribution in [-0.4, -0.2) is 56.6 Å². The van der Waals surface area contributed by atoms with E-state index in [1.54, 1.807) is 23.1 Å². The molecule has 8 heteroatoms. The third-order valence-corrected chi connectivity index (χ3v) is 9.01. The summed E-state index contributed by atoms with van der Waals surface area (Å²) in [7, 11) is -3.58. The third kappa shape index (κ3) is 5.76. The van der Waals surface area contributed by atoms with Gasteiger partial charge in [0.1, 0.15) is 0 Å². The number of fused-ring (bicyclic) bond motifs is 1. The van der Waals surface area contributed by atoms with Gasteiger partial charge in [-0.2, -0.15) is 0 Å². The van der Waals surface area contributed by atoms with Gasteiger partial charge in [-0.15, -0.1) is 0 Å². The molecule has 186 valence electrons. The third-order valence-electron chi connectivity index (χ3n) is 7.30. The molecule has 2 aromatic carbocycles. The average molecular weight is 496 g/mol. The van der Waals surface area contributed by atoms with Gasteiger partial charge in [-0.3, -0.25) is 14.5 Å². The normalized spacial score (nSPS) is 18.9. The van der Waals surface area contributed by atoms with Crippen molar-refractivity contribution >= 4 is 27.3 Å². The second-order valence-corrected chi connectivity index (χ2v) is 12.1. The minimum Gasteiger partial charge on any atom is -0.353 e. The Kier molecular flexibility index (Phi) is 6.93. The van der Waals surface area contributed by atoms with Crippen molar-refractivity contribution in [3.8, 4) is 0 Å². The lowest BCUT2D eigenvalue weighted by molar-refractivity contribution is -0.122. The zero-order valence-corrected chi connectivity index (χ0v) is 20.8. The summed E-state index contributed by atoms with van der Waals surface area (Å²) in [6.45, 7) is 3.34. The van der Waals surface area contributed by atoms with E-state index in [0.29, 0.717) is 13.0 Å². The standard InChI is InChI=1S/C27H33N3O4S/c31-26(28-23-11-14-29(15-12-23)19-20-4-2-1-3-5-20)13-17-35(33,34)24-8-9-25-22(18-24)10-16-30(25)27(32)21-6-7-21/h1-5,8-9,18,21,23H,6-7,10-17,19H2,(H,28,31). The Labute approximate surface area is 207 Å². The number of carbonyl (C=O) groups excluding carboxylic acids is 2. The second-order valence-electron chi connectivity index (χ2n) is 9.98. The Morgan fingerprint density at radius 1 is 0.943 bits per heavy atom. The number of nitrogens with one attached hydrogen (secondary N) is 1. The van der Waals surface area contributed by atoms with Crippen LogP contribution in [0.5, 0.6) is 0 Å². The number of benzene rings is 2. The SMILES string of the molecule is O=C(CCS(=O)(=O)c1ccc2c(c1)CCN2C(=O)C1CC1)NC1CCN(Cc2ccccc2)CC1. The molecular formula is C27H33N3O4S. The van der Waals surface area contributed by atoms with Gasteiger partial charge in [-0.25, -0.2) is 8.42 Å². The second kappa shape index (κ2) is 10.1. The molecule has 1 saturated carbocycles. The zero-order chi connectivity index (χ0) is 24.4. The van der Waals surface area contributed by atoms with Crippen LogP contribution in [0.1, 0.15) is 43.2 Å². The quantitative estimate of drug-likeness (QED) is 0.609. The van der Waals surface area contributed by atoms with E-state index in [1.165, 1.54) is 5.56 Å². The summed E-state index contributed by atoms with van der Waals surface area (Å²) in [5.74, 6) is -0.131. The topological polar surface area (TPSA) is 86.8 Å². The van der Waals surface area contributed by atoms with Crippen molar-refractivity contribution in [3.63, 3.8) is 0 Å². The maximum absolute atomic E-state index is 12.9. The number of amides is 2. The number of nitrogens with zero attached hydrogens (tertiary/aromatic N) is 2. The number of carbonyl (C=O) groups is 2. The van der Waals surface area contributed by atoms with E-state index in [-0.39, 0.29) is 40.8 Å². The van der Waals surface area contributed by atoms with Crippen molar-refractivity contribution in [2.75, 3.05) is 30.3 Å². The average Bonchev–Trinajstić information content (AvgIpc) is 3.63. The predicted octanol–water partition coefficient (Wildman–Crippen LogP) is 2.93. The van der Waals surface area contributed by atoms with Gasteiger partial charge < -0.3 is 10.2 Å². The highest BCUT2D eigenvalue weighted by Gasteiger charge is 2.36. The molecule has 0 atom stereocenters. The zero-order valence-electron chi connectivity index (χ0n) is 20.0. The van der Waals surface area contributed by atoms with E-state index in [1.807, 2.05) is 18.2 Å². The summed E-state index contributed by atoms with van der Waals surface area (Å²) < 4.78 is 25.8. The molecule has 2 amide bonds. The van der Waals surface area contributed by atoms with Gasteiger partial charge >= 0.3 is 0 Å². The first-order valence-corrected chi connectivity index (χ1v) is 14.3. The van der Waals surface area contributed by atoms with Crippen molar-refractivity contribution in [1.82, 2.24) is 10.2 Å². The molecule has 0 unspecified atom stereocenters. The van der Waals surface area contributed by atoms with Crippen molar-refractivity contribution in [3.05, 3.63) is 59.7 Å². The van der Waals surface area contributed by atoms with E-state index in [0.717, 1.165) is 56.6 Å². The molecule has 35 heavy (non-hydrogen) atoms. The number of rotatable bonds is 8. The van der Waals surface area contributed by atoms with Crippen LogP contribution in [-0.2, 0) is 32.4 Å². The number of sulfone groups is 1. The number of anilines is 1. The molecule has 2 aromatic rings. The van der Waals surface area contributed by atoms with Crippen molar-refractivity contribution in [2.24, 2.45) is 5.92 Å². The van der Waals surface area contributed by atoms with Crippen LogP contribution in [0.15, 0.2) is 53.4 Å². The highest BCUT2D eigenvalue weighted by Crippen LogP contribution is 2.37. The van der Waals surface area contributed by atoms with Crippen molar-refractivity contribution < 1.29 is 18.0 Å². The predicted molar refractivity (Wildman–Crippen MR) is 135 cm³/mol. The van der Waals surface area contributed by atoms with Crippen LogP contribution in [0.3, 0.4) is 0 Å². The molecule has 1 saturated heterocycles. The van der Waals surface area contributed by atoms with Gasteiger partial charge in [-0.1, -0.05) is 30.3 Å². The Morgan fingerprint density at radius 3 is 2.40 bits per heavy atom. The van der Waals surface area contributed by atoms with Gasteiger partial charge in [0.05, 0.1) is 10.6 Å². The van der Waals surface area contributed by atoms with Crippen LogP contribution in [0.4, 0.5) is 5.69 Å². The number of hydrogen-bond acceptors (Lipinski definition) is 5. The minimum absolute atomic E-state index is 0.0457. The fraction of sp³-hybridized carbons (Fsp3) is 0.481. The molecule has 2 fully saturated rings. The van der Waals surface area contributed by atoms with Gasteiger partial charge in [-0.05, 0) is 61.4 Å². The van der Waals surface area contributed by atoms with Gasteiger partial charge in [0.15, 0.2) is 9.84 Å². The smallest absolute Gasteiger partial charge is 0.230 e. The Hall–Kier alpha value is -2.71. The van der Waals surface area contributed by atoms with Crippen LogP contribution >= 0.6 is 0 Å². The summed E-state index contributed by atoms with van der Waals surface area (Å²) in [6.07, 6.45) is 4.26. The molecule has 2 aliphatic heterocycles. The lowest BCUT2D eigenvalue weighted by Crippen LogP contribution is -2.44. The molecule has 1 aliphatic carbocycles. The highest BCUT2D eigenvalue weighted by atomic mass is 32.2. The number of hydrogen-bond donors (Lipinski definition) is 1. The minimum atomic E-state index is -3.58. The molecule has 0 spiro atoms. The van der Waals surface area contributed by atoms with Crippen LogP contribution < -0.4 is 10.2 Å². The first kappa shape index (κ1) is 24.0. The Bertz CT molecular complexity index is 1190. The number of piperidine rings is 1. The maximum atomic E-state index is 12.9.